The highest BCUT2D eigenvalue weighted by molar-refractivity contribution is 6.13. The Bertz CT molecular complexity index is 1910. The fraction of sp³-hybridized carbons (Fsp3) is 0.206. The average molecular weight is 659 g/mol. The number of benzene rings is 4. The number of carbonyl (C=O) groups excluding carboxylic acids is 3. The molecule has 5 rings (SSSR count). The monoisotopic (exact) mass is 658 g/mol. The maximum absolute atomic E-state index is 14.4. The van der Waals surface area contributed by atoms with Gasteiger partial charge in [0.15, 0.2) is 0 Å². The fourth-order valence-electron chi connectivity index (χ4n) is 5.28. The van der Waals surface area contributed by atoms with Gasteiger partial charge in [-0.3, -0.25) is 14.4 Å². The van der Waals surface area contributed by atoms with Crippen LogP contribution in [-0.4, -0.2) is 50.0 Å². The number of rotatable bonds is 8. The summed E-state index contributed by atoms with van der Waals surface area (Å²) in [5.41, 5.74) is 1.41. The largest absolute Gasteiger partial charge is 0.434 e. The number of nitrogens with zero attached hydrogens (tertiary/aromatic N) is 4. The first-order chi connectivity index (χ1) is 22.1. The molecule has 0 bridgehead atoms. The van der Waals surface area contributed by atoms with E-state index in [0.717, 1.165) is 0 Å². The summed E-state index contributed by atoms with van der Waals surface area (Å²) in [5.74, 6) is -1.82. The van der Waals surface area contributed by atoms with Crippen LogP contribution >= 0.6 is 12.4 Å². The van der Waals surface area contributed by atoms with Crippen LogP contribution in [0.5, 0.6) is 5.75 Å². The van der Waals surface area contributed by atoms with Crippen molar-refractivity contribution in [2.24, 2.45) is 0 Å². The van der Waals surface area contributed by atoms with Crippen LogP contribution in [0.15, 0.2) is 78.9 Å². The van der Waals surface area contributed by atoms with Crippen molar-refractivity contribution < 1.29 is 27.9 Å². The van der Waals surface area contributed by atoms with Crippen molar-refractivity contribution in [1.82, 2.24) is 10.6 Å². The lowest BCUT2D eigenvalue weighted by atomic mass is 10.0. The summed E-state index contributed by atoms with van der Waals surface area (Å²) < 4.78 is 32.0. The molecule has 13 heteroatoms. The van der Waals surface area contributed by atoms with Crippen molar-refractivity contribution in [2.75, 3.05) is 23.4 Å². The van der Waals surface area contributed by atoms with Gasteiger partial charge in [-0.1, -0.05) is 30.3 Å². The zero-order chi connectivity index (χ0) is 33.0. The van der Waals surface area contributed by atoms with E-state index in [1.165, 1.54) is 58.3 Å². The van der Waals surface area contributed by atoms with Crippen molar-refractivity contribution in [3.8, 4) is 17.9 Å². The van der Waals surface area contributed by atoms with E-state index < -0.39 is 36.4 Å². The van der Waals surface area contributed by atoms with Crippen molar-refractivity contribution in [2.45, 2.75) is 32.2 Å². The van der Waals surface area contributed by atoms with Crippen LogP contribution in [0, 0.1) is 22.7 Å². The van der Waals surface area contributed by atoms with E-state index in [1.807, 2.05) is 12.1 Å². The van der Waals surface area contributed by atoms with E-state index in [2.05, 4.69) is 10.6 Å². The van der Waals surface area contributed by atoms with E-state index in [4.69, 9.17) is 4.74 Å². The van der Waals surface area contributed by atoms with Gasteiger partial charge in [0.25, 0.3) is 11.8 Å². The second kappa shape index (κ2) is 14.7. The Balaban J connectivity index is 0.00000500. The number of alkyl halides is 2. The minimum Gasteiger partial charge on any atom is -0.434 e. The molecule has 0 spiro atoms. The molecule has 0 saturated carbocycles. The number of ether oxygens (including phenoxy) is 1. The molecule has 4 aromatic rings. The van der Waals surface area contributed by atoms with Crippen LogP contribution in [0.25, 0.3) is 10.8 Å². The summed E-state index contributed by atoms with van der Waals surface area (Å²) in [6, 6.07) is 22.5. The number of halogens is 3. The molecule has 1 aliphatic rings. The molecule has 0 unspecified atom stereocenters. The molecule has 2 atom stereocenters. The van der Waals surface area contributed by atoms with Gasteiger partial charge in [-0.2, -0.15) is 19.3 Å². The predicted octanol–water partition coefficient (Wildman–Crippen LogP) is 4.89. The predicted molar refractivity (Wildman–Crippen MR) is 173 cm³/mol. The quantitative estimate of drug-likeness (QED) is 0.275. The lowest BCUT2D eigenvalue weighted by Gasteiger charge is -2.27. The van der Waals surface area contributed by atoms with Gasteiger partial charge in [-0.05, 0) is 73.3 Å². The number of hydrogen-bond donors (Lipinski definition) is 2. The highest BCUT2D eigenvalue weighted by atomic mass is 35.5. The molecule has 1 aliphatic heterocycles. The van der Waals surface area contributed by atoms with Crippen molar-refractivity contribution in [1.29, 1.82) is 10.5 Å². The molecule has 47 heavy (non-hydrogen) atoms. The topological polar surface area (TPSA) is 139 Å². The van der Waals surface area contributed by atoms with Crippen LogP contribution in [0.3, 0.4) is 0 Å². The van der Waals surface area contributed by atoms with E-state index in [0.29, 0.717) is 16.3 Å². The van der Waals surface area contributed by atoms with Gasteiger partial charge < -0.3 is 25.2 Å². The van der Waals surface area contributed by atoms with Crippen LogP contribution in [0.1, 0.15) is 34.0 Å². The molecule has 2 N–H and O–H groups in total. The standard InChI is InChI=1S/C34H28F2N6O4.ClH/c1-20(39-2)31(43)40-27-19-42(32(44)24-10-7-21(16-37)8-11-24)29-15-22(17-38)9-13-28(29)41(33(27)45)18-26-25-6-4-3-5-23(25)12-14-30(26)46-34(35)36;/h3-15,20,27,34,39H,18-19H2,1-2H3,(H,40,43);1H/t20-,27-;/m0./s1. The van der Waals surface area contributed by atoms with E-state index in [1.54, 1.807) is 44.3 Å². The second-order valence-electron chi connectivity index (χ2n) is 10.6. The maximum Gasteiger partial charge on any atom is 0.387 e. The molecule has 0 fully saturated rings. The maximum atomic E-state index is 14.4. The molecule has 240 valence electrons. The Morgan fingerprint density at radius 1 is 0.979 bits per heavy atom. The Hall–Kier alpha value is -5.56. The van der Waals surface area contributed by atoms with Gasteiger partial charge in [0.1, 0.15) is 11.8 Å². The van der Waals surface area contributed by atoms with Gasteiger partial charge in [0, 0.05) is 11.1 Å². The average Bonchev–Trinajstić information content (AvgIpc) is 3.18. The number of nitriles is 2. The van der Waals surface area contributed by atoms with Gasteiger partial charge in [-0.25, -0.2) is 0 Å². The smallest absolute Gasteiger partial charge is 0.387 e. The van der Waals surface area contributed by atoms with Gasteiger partial charge in [0.2, 0.25) is 5.91 Å². The second-order valence-corrected chi connectivity index (χ2v) is 10.6. The number of hydrogen-bond acceptors (Lipinski definition) is 7. The number of amides is 3. The summed E-state index contributed by atoms with van der Waals surface area (Å²) in [6.45, 7) is -2.12. The van der Waals surface area contributed by atoms with Crippen LogP contribution in [-0.2, 0) is 16.1 Å². The molecule has 0 saturated heterocycles. The number of nitrogens with one attached hydrogen (secondary N) is 2. The Labute approximate surface area is 275 Å². The lowest BCUT2D eigenvalue weighted by Crippen LogP contribution is -2.55. The molecular weight excluding hydrogens is 630 g/mol. The van der Waals surface area contributed by atoms with E-state index >= 15 is 0 Å². The van der Waals surface area contributed by atoms with Gasteiger partial charge in [-0.15, -0.1) is 12.4 Å². The summed E-state index contributed by atoms with van der Waals surface area (Å²) >= 11 is 0. The highest BCUT2D eigenvalue weighted by Crippen LogP contribution is 2.38. The highest BCUT2D eigenvalue weighted by Gasteiger charge is 2.38. The summed E-state index contributed by atoms with van der Waals surface area (Å²) in [5, 5.41) is 25.8. The van der Waals surface area contributed by atoms with Gasteiger partial charge >= 0.3 is 6.61 Å². The number of likely N-dealkylation sites (N-methyl/N-ethyl adjacent to an activating group) is 1. The van der Waals surface area contributed by atoms with Crippen LogP contribution in [0.4, 0.5) is 20.2 Å². The first-order valence-corrected chi connectivity index (χ1v) is 14.3. The zero-order valence-corrected chi connectivity index (χ0v) is 26.1. The SMILES string of the molecule is CN[C@@H](C)C(=O)N[C@H]1CN(C(=O)c2ccc(C#N)cc2)c2cc(C#N)ccc2N(Cc2c(OC(F)F)ccc3ccccc23)C1=O.Cl. The summed E-state index contributed by atoms with van der Waals surface area (Å²) in [7, 11) is 1.58. The molecule has 0 radical (unpaired) electrons. The number of anilines is 2. The Kier molecular flexibility index (Phi) is 10.7. The Morgan fingerprint density at radius 3 is 2.32 bits per heavy atom. The molecule has 1 heterocycles. The molecular formula is C34H29ClF2N6O4. The minimum atomic E-state index is -3.14. The summed E-state index contributed by atoms with van der Waals surface area (Å²) in [4.78, 5) is 44.2. The third kappa shape index (κ3) is 7.15. The van der Waals surface area contributed by atoms with Crippen LogP contribution in [0.2, 0.25) is 0 Å². The third-order valence-electron chi connectivity index (χ3n) is 7.79. The first-order valence-electron chi connectivity index (χ1n) is 14.3. The molecule has 0 aliphatic carbocycles. The van der Waals surface area contributed by atoms with Crippen molar-refractivity contribution in [3.05, 3.63) is 101 Å². The molecule has 4 aromatic carbocycles. The fourth-order valence-corrected chi connectivity index (χ4v) is 5.28. The Morgan fingerprint density at radius 2 is 1.66 bits per heavy atom. The van der Waals surface area contributed by atoms with Crippen molar-refractivity contribution in [3.63, 3.8) is 0 Å². The normalized spacial score (nSPS) is 14.7. The van der Waals surface area contributed by atoms with E-state index in [-0.39, 0.29) is 59.3 Å². The number of carbonyl (C=O) groups is 3. The first kappa shape index (κ1) is 34.3. The van der Waals surface area contributed by atoms with Crippen molar-refractivity contribution >= 4 is 52.3 Å². The lowest BCUT2D eigenvalue weighted by molar-refractivity contribution is -0.128. The van der Waals surface area contributed by atoms with E-state index in [9.17, 15) is 33.7 Å². The zero-order valence-electron chi connectivity index (χ0n) is 25.2. The molecule has 3 amide bonds. The molecule has 10 nitrogen and oxygen atoms in total. The van der Waals surface area contributed by atoms with Gasteiger partial charge in [0.05, 0.1) is 53.8 Å². The van der Waals surface area contributed by atoms with Crippen LogP contribution < -0.4 is 25.2 Å². The third-order valence-corrected chi connectivity index (χ3v) is 7.79. The number of fused-ring (bicyclic) bond motifs is 2. The summed E-state index contributed by atoms with van der Waals surface area (Å²) in [6.07, 6.45) is 0. The molecule has 0 aromatic heterocycles. The minimum absolute atomic E-state index is 0.